The van der Waals surface area contributed by atoms with Crippen LogP contribution in [-0.4, -0.2) is 11.6 Å². The minimum atomic E-state index is 0.536. The highest BCUT2D eigenvalue weighted by atomic mass is 15.0. The Kier molecular flexibility index (Phi) is 3.57. The summed E-state index contributed by atoms with van der Waals surface area (Å²) in [5.41, 5.74) is 0.536. The minimum Gasteiger partial charge on any atom is -0.309 e. The predicted octanol–water partition coefficient (Wildman–Crippen LogP) is 3.10. The molecule has 0 saturated heterocycles. The van der Waals surface area contributed by atoms with E-state index in [4.69, 9.17) is 0 Å². The van der Waals surface area contributed by atoms with Gasteiger partial charge in [0.15, 0.2) is 0 Å². The monoisotopic (exact) mass is 169 g/mol. The fraction of sp³-hybridized carbons (Fsp3) is 1.00. The van der Waals surface area contributed by atoms with Gasteiger partial charge in [0.25, 0.3) is 0 Å². The molecule has 0 bridgehead atoms. The van der Waals surface area contributed by atoms with Crippen LogP contribution < -0.4 is 5.32 Å². The summed E-state index contributed by atoms with van der Waals surface area (Å²) in [4.78, 5) is 0. The molecule has 12 heavy (non-hydrogen) atoms. The van der Waals surface area contributed by atoms with Gasteiger partial charge in [-0.05, 0) is 39.0 Å². The third-order valence-electron chi connectivity index (χ3n) is 3.26. The molecule has 1 rings (SSSR count). The highest BCUT2D eigenvalue weighted by Crippen LogP contribution is 2.35. The van der Waals surface area contributed by atoms with Crippen molar-refractivity contribution in [1.29, 1.82) is 0 Å². The maximum absolute atomic E-state index is 3.78. The zero-order chi connectivity index (χ0) is 9.03. The molecule has 0 spiro atoms. The number of hydrogen-bond donors (Lipinski definition) is 1. The first kappa shape index (κ1) is 10.0. The molecule has 1 nitrogen and oxygen atoms in total. The zero-order valence-electron chi connectivity index (χ0n) is 8.82. The Bertz CT molecular complexity index is 121. The van der Waals surface area contributed by atoms with Crippen LogP contribution in [0.4, 0.5) is 0 Å². The molecule has 0 aromatic heterocycles. The Balaban J connectivity index is 2.27. The molecule has 0 aromatic rings. The molecule has 1 N–H and O–H groups in total. The summed E-state index contributed by atoms with van der Waals surface area (Å²) in [6.07, 6.45) is 8.16. The van der Waals surface area contributed by atoms with Crippen LogP contribution >= 0.6 is 0 Å². The third-order valence-corrected chi connectivity index (χ3v) is 3.26. The third kappa shape index (κ3) is 2.22. The van der Waals surface area contributed by atoms with Crippen molar-refractivity contribution in [2.75, 3.05) is 0 Å². The summed E-state index contributed by atoms with van der Waals surface area (Å²) in [7, 11) is 0. The zero-order valence-corrected chi connectivity index (χ0v) is 8.82. The van der Waals surface area contributed by atoms with Crippen molar-refractivity contribution >= 4 is 0 Å². The summed E-state index contributed by atoms with van der Waals surface area (Å²) < 4.78 is 0. The van der Waals surface area contributed by atoms with Gasteiger partial charge in [-0.2, -0.15) is 0 Å². The van der Waals surface area contributed by atoms with E-state index in [1.807, 2.05) is 0 Å². The first-order valence-corrected chi connectivity index (χ1v) is 5.50. The van der Waals surface area contributed by atoms with Gasteiger partial charge in [0.05, 0.1) is 0 Å². The maximum atomic E-state index is 3.78. The second kappa shape index (κ2) is 4.27. The quantitative estimate of drug-likeness (QED) is 0.667. The molecule has 1 unspecified atom stereocenters. The second-order valence-electron chi connectivity index (χ2n) is 4.32. The molecule has 0 aliphatic heterocycles. The lowest BCUT2D eigenvalue weighted by molar-refractivity contribution is 0.157. The van der Waals surface area contributed by atoms with Crippen LogP contribution in [0.1, 0.15) is 59.3 Å². The smallest absolute Gasteiger partial charge is 0.0181 e. The lowest BCUT2D eigenvalue weighted by atomic mass is 9.74. The average molecular weight is 169 g/mol. The summed E-state index contributed by atoms with van der Waals surface area (Å²) in [6.45, 7) is 6.89. The Morgan fingerprint density at radius 1 is 1.33 bits per heavy atom. The fourth-order valence-corrected chi connectivity index (χ4v) is 2.23. The van der Waals surface area contributed by atoms with Crippen molar-refractivity contribution < 1.29 is 0 Å². The van der Waals surface area contributed by atoms with E-state index in [1.165, 1.54) is 38.5 Å². The van der Waals surface area contributed by atoms with Gasteiger partial charge in [0.1, 0.15) is 0 Å². The van der Waals surface area contributed by atoms with E-state index in [2.05, 4.69) is 26.1 Å². The van der Waals surface area contributed by atoms with Gasteiger partial charge in [-0.25, -0.2) is 0 Å². The molecule has 0 heterocycles. The van der Waals surface area contributed by atoms with Crippen LogP contribution in [0.15, 0.2) is 0 Å². The highest BCUT2D eigenvalue weighted by molar-refractivity contribution is 4.95. The van der Waals surface area contributed by atoms with E-state index in [0.29, 0.717) is 5.54 Å². The van der Waals surface area contributed by atoms with E-state index in [-0.39, 0.29) is 0 Å². The van der Waals surface area contributed by atoms with E-state index >= 15 is 0 Å². The number of nitrogens with one attached hydrogen (secondary N) is 1. The standard InChI is InChI=1S/C11H23N/c1-4-7-10(3)12-11(5-2)8-6-9-11/h10,12H,4-9H2,1-3H3. The molecule has 1 aliphatic carbocycles. The van der Waals surface area contributed by atoms with E-state index < -0.39 is 0 Å². The van der Waals surface area contributed by atoms with Crippen molar-refractivity contribution in [2.24, 2.45) is 0 Å². The molecule has 1 atom stereocenters. The van der Waals surface area contributed by atoms with Crippen molar-refractivity contribution in [1.82, 2.24) is 5.32 Å². The summed E-state index contributed by atoms with van der Waals surface area (Å²) in [5.74, 6) is 0. The minimum absolute atomic E-state index is 0.536. The van der Waals surface area contributed by atoms with Gasteiger partial charge in [-0.1, -0.05) is 20.3 Å². The van der Waals surface area contributed by atoms with Gasteiger partial charge in [-0.3, -0.25) is 0 Å². The van der Waals surface area contributed by atoms with Crippen LogP contribution in [0, 0.1) is 0 Å². The normalized spacial score (nSPS) is 23.2. The lowest BCUT2D eigenvalue weighted by Crippen LogP contribution is -2.53. The maximum Gasteiger partial charge on any atom is 0.0181 e. The second-order valence-corrected chi connectivity index (χ2v) is 4.32. The SMILES string of the molecule is CCCC(C)NC1(CC)CCC1. The molecule has 72 valence electrons. The Hall–Kier alpha value is -0.0400. The fourth-order valence-electron chi connectivity index (χ4n) is 2.23. The molecule has 1 fully saturated rings. The van der Waals surface area contributed by atoms with Crippen LogP contribution in [0.25, 0.3) is 0 Å². The Morgan fingerprint density at radius 2 is 2.00 bits per heavy atom. The van der Waals surface area contributed by atoms with Crippen LogP contribution in [0.3, 0.4) is 0 Å². The van der Waals surface area contributed by atoms with Crippen LogP contribution in [0.5, 0.6) is 0 Å². The molecular weight excluding hydrogens is 146 g/mol. The van der Waals surface area contributed by atoms with E-state index in [9.17, 15) is 0 Å². The lowest BCUT2D eigenvalue weighted by Gasteiger charge is -2.44. The summed E-state index contributed by atoms with van der Waals surface area (Å²) >= 11 is 0. The molecule has 1 saturated carbocycles. The van der Waals surface area contributed by atoms with Crippen LogP contribution in [-0.2, 0) is 0 Å². The predicted molar refractivity (Wildman–Crippen MR) is 54.4 cm³/mol. The van der Waals surface area contributed by atoms with Crippen LogP contribution in [0.2, 0.25) is 0 Å². The van der Waals surface area contributed by atoms with Gasteiger partial charge in [0.2, 0.25) is 0 Å². The Morgan fingerprint density at radius 3 is 2.33 bits per heavy atom. The highest BCUT2D eigenvalue weighted by Gasteiger charge is 2.35. The van der Waals surface area contributed by atoms with E-state index in [1.54, 1.807) is 0 Å². The van der Waals surface area contributed by atoms with Gasteiger partial charge in [-0.15, -0.1) is 0 Å². The molecule has 1 aliphatic rings. The molecule has 0 aromatic carbocycles. The van der Waals surface area contributed by atoms with Crippen molar-refractivity contribution in [3.8, 4) is 0 Å². The van der Waals surface area contributed by atoms with Crippen molar-refractivity contribution in [3.05, 3.63) is 0 Å². The van der Waals surface area contributed by atoms with Crippen molar-refractivity contribution in [2.45, 2.75) is 70.9 Å². The molecule has 0 radical (unpaired) electrons. The van der Waals surface area contributed by atoms with Gasteiger partial charge in [0, 0.05) is 11.6 Å². The summed E-state index contributed by atoms with van der Waals surface area (Å²) in [6, 6.07) is 0.718. The Labute approximate surface area is 76.9 Å². The molecule has 0 amide bonds. The first-order chi connectivity index (χ1) is 5.72. The van der Waals surface area contributed by atoms with E-state index in [0.717, 1.165) is 6.04 Å². The first-order valence-electron chi connectivity index (χ1n) is 5.50. The topological polar surface area (TPSA) is 12.0 Å². The molecular formula is C11H23N. The average Bonchev–Trinajstić information content (AvgIpc) is 1.97. The van der Waals surface area contributed by atoms with Gasteiger partial charge < -0.3 is 5.32 Å². The number of hydrogen-bond acceptors (Lipinski definition) is 1. The summed E-state index contributed by atoms with van der Waals surface area (Å²) in [5, 5.41) is 3.78. The largest absolute Gasteiger partial charge is 0.309 e. The van der Waals surface area contributed by atoms with Gasteiger partial charge >= 0.3 is 0 Å². The molecule has 1 heteroatoms. The number of rotatable bonds is 5. The van der Waals surface area contributed by atoms with Crippen molar-refractivity contribution in [3.63, 3.8) is 0 Å².